The summed E-state index contributed by atoms with van der Waals surface area (Å²) in [5.74, 6) is 0. The fourth-order valence-electron chi connectivity index (χ4n) is 1.45. The van der Waals surface area contributed by atoms with E-state index in [0.717, 1.165) is 31.7 Å². The monoisotopic (exact) mass is 184 g/mol. The molecule has 0 heterocycles. The summed E-state index contributed by atoms with van der Waals surface area (Å²) in [6.07, 6.45) is 6.24. The van der Waals surface area contributed by atoms with Gasteiger partial charge >= 0.3 is 0 Å². The average Bonchev–Trinajstić information content (AvgIpc) is 2.15. The Morgan fingerprint density at radius 3 is 3.08 bits per heavy atom. The van der Waals surface area contributed by atoms with E-state index < -0.39 is 0 Å². The summed E-state index contributed by atoms with van der Waals surface area (Å²) in [5.41, 5.74) is 7.99. The fraction of sp³-hybridized carbons (Fsp3) is 0.600. The van der Waals surface area contributed by atoms with Crippen molar-refractivity contribution in [3.63, 3.8) is 0 Å². The number of hydrogen-bond acceptors (Lipinski definition) is 3. The summed E-state index contributed by atoms with van der Waals surface area (Å²) in [5, 5.41) is 0. The molecule has 0 radical (unpaired) electrons. The van der Waals surface area contributed by atoms with E-state index in [2.05, 4.69) is 18.0 Å². The predicted molar refractivity (Wildman–Crippen MR) is 56.2 cm³/mol. The lowest BCUT2D eigenvalue weighted by molar-refractivity contribution is 0.172. The first-order valence-corrected chi connectivity index (χ1v) is 4.61. The zero-order valence-electron chi connectivity index (χ0n) is 8.42. The summed E-state index contributed by atoms with van der Waals surface area (Å²) in [7, 11) is 3.77. The number of hydrogen-bond donors (Lipinski definition) is 1. The van der Waals surface area contributed by atoms with Gasteiger partial charge in [0, 0.05) is 27.8 Å². The summed E-state index contributed by atoms with van der Waals surface area (Å²) in [6, 6.07) is 0. The Morgan fingerprint density at radius 1 is 1.69 bits per heavy atom. The molecule has 3 nitrogen and oxygen atoms in total. The van der Waals surface area contributed by atoms with Gasteiger partial charge in [-0.15, -0.1) is 0 Å². The van der Waals surface area contributed by atoms with E-state index in [-0.39, 0.29) is 1.43 Å². The van der Waals surface area contributed by atoms with Gasteiger partial charge < -0.3 is 15.4 Å². The minimum atomic E-state index is 0. The van der Waals surface area contributed by atoms with E-state index in [1.54, 1.807) is 7.11 Å². The third kappa shape index (κ3) is 2.77. The molecule has 1 aliphatic rings. The van der Waals surface area contributed by atoms with Crippen molar-refractivity contribution in [2.24, 2.45) is 5.73 Å². The molecule has 0 unspecified atom stereocenters. The van der Waals surface area contributed by atoms with Crippen LogP contribution in [0.1, 0.15) is 14.3 Å². The van der Waals surface area contributed by atoms with Crippen LogP contribution in [0.15, 0.2) is 23.5 Å². The van der Waals surface area contributed by atoms with Gasteiger partial charge in [-0.25, -0.2) is 0 Å². The summed E-state index contributed by atoms with van der Waals surface area (Å²) in [4.78, 5) is 2.17. The van der Waals surface area contributed by atoms with Crippen molar-refractivity contribution in [2.45, 2.75) is 12.8 Å². The fourth-order valence-corrected chi connectivity index (χ4v) is 1.45. The van der Waals surface area contributed by atoms with Crippen LogP contribution in [0.3, 0.4) is 0 Å². The third-order valence-corrected chi connectivity index (χ3v) is 2.27. The topological polar surface area (TPSA) is 38.5 Å². The van der Waals surface area contributed by atoms with E-state index in [0.29, 0.717) is 0 Å². The van der Waals surface area contributed by atoms with Crippen molar-refractivity contribution < 1.29 is 6.16 Å². The maximum Gasteiger partial charge on any atom is 0.0637 e. The van der Waals surface area contributed by atoms with Crippen LogP contribution in [-0.2, 0) is 4.74 Å². The maximum atomic E-state index is 5.86. The number of rotatable bonds is 4. The minimum Gasteiger partial charge on any atom is -0.397 e. The first-order valence-electron chi connectivity index (χ1n) is 4.61. The number of likely N-dealkylation sites (N-methyl/N-ethyl adjacent to an activating group) is 1. The molecule has 1 aliphatic carbocycles. The molecule has 0 fully saturated rings. The standard InChI is InChI=1S/C10H18N2O.H2/c1-12(7-8-13-2)10-6-4-3-5-9(10)11;/h3,5H,4,6-8,11H2,1-2H3;1H. The minimum absolute atomic E-state index is 0. The second kappa shape index (κ2) is 4.92. The molecule has 0 aromatic rings. The van der Waals surface area contributed by atoms with Gasteiger partial charge in [-0.05, 0) is 18.9 Å². The summed E-state index contributed by atoms with van der Waals surface area (Å²) < 4.78 is 5.02. The first-order chi connectivity index (χ1) is 6.25. The zero-order chi connectivity index (χ0) is 9.68. The molecule has 0 spiro atoms. The molecule has 0 saturated carbocycles. The largest absolute Gasteiger partial charge is 0.397 e. The third-order valence-electron chi connectivity index (χ3n) is 2.27. The molecule has 0 atom stereocenters. The summed E-state index contributed by atoms with van der Waals surface area (Å²) >= 11 is 0. The lowest BCUT2D eigenvalue weighted by Gasteiger charge is -2.25. The molecule has 2 N–H and O–H groups in total. The molecular formula is C10H20N2O. The van der Waals surface area contributed by atoms with E-state index >= 15 is 0 Å². The average molecular weight is 184 g/mol. The molecule has 1 rings (SSSR count). The van der Waals surface area contributed by atoms with Crippen molar-refractivity contribution in [3.05, 3.63) is 23.5 Å². The second-order valence-electron chi connectivity index (χ2n) is 3.26. The predicted octanol–water partition coefficient (Wildman–Crippen LogP) is 1.33. The van der Waals surface area contributed by atoms with Crippen LogP contribution in [0.25, 0.3) is 0 Å². The van der Waals surface area contributed by atoms with E-state index in [9.17, 15) is 0 Å². The van der Waals surface area contributed by atoms with Gasteiger partial charge in [-0.2, -0.15) is 0 Å². The van der Waals surface area contributed by atoms with Crippen LogP contribution in [-0.4, -0.2) is 32.2 Å². The SMILES string of the molecule is COCCN(C)C1=C(N)C=CCC1.[HH]. The molecule has 0 aromatic carbocycles. The Hall–Kier alpha value is -0.960. The van der Waals surface area contributed by atoms with Crippen LogP contribution >= 0.6 is 0 Å². The van der Waals surface area contributed by atoms with Crippen LogP contribution in [0.2, 0.25) is 0 Å². The highest BCUT2D eigenvalue weighted by molar-refractivity contribution is 5.25. The number of methoxy groups -OCH3 is 1. The zero-order valence-corrected chi connectivity index (χ0v) is 8.42. The van der Waals surface area contributed by atoms with Crippen molar-refractivity contribution in [3.8, 4) is 0 Å². The number of ether oxygens (including phenoxy) is 1. The van der Waals surface area contributed by atoms with Gasteiger partial charge in [-0.1, -0.05) is 6.08 Å². The van der Waals surface area contributed by atoms with Gasteiger partial charge in [0.2, 0.25) is 0 Å². The van der Waals surface area contributed by atoms with E-state index in [4.69, 9.17) is 10.5 Å². The molecule has 0 amide bonds. The highest BCUT2D eigenvalue weighted by atomic mass is 16.5. The lowest BCUT2D eigenvalue weighted by atomic mass is 10.1. The molecule has 0 aliphatic heterocycles. The van der Waals surface area contributed by atoms with E-state index in [1.807, 2.05) is 6.08 Å². The van der Waals surface area contributed by atoms with E-state index in [1.165, 1.54) is 5.70 Å². The second-order valence-corrected chi connectivity index (χ2v) is 3.26. The van der Waals surface area contributed by atoms with Crippen LogP contribution < -0.4 is 5.73 Å². The Morgan fingerprint density at radius 2 is 2.46 bits per heavy atom. The molecule has 3 heteroatoms. The molecular weight excluding hydrogens is 164 g/mol. The van der Waals surface area contributed by atoms with Crippen molar-refractivity contribution in [1.82, 2.24) is 4.90 Å². The summed E-state index contributed by atoms with van der Waals surface area (Å²) in [6.45, 7) is 1.65. The quantitative estimate of drug-likeness (QED) is 0.716. The van der Waals surface area contributed by atoms with Crippen molar-refractivity contribution >= 4 is 0 Å². The normalized spacial score (nSPS) is 16.5. The molecule has 0 bridgehead atoms. The number of nitrogens with two attached hydrogens (primary N) is 1. The van der Waals surface area contributed by atoms with Crippen molar-refractivity contribution in [1.29, 1.82) is 0 Å². The smallest absolute Gasteiger partial charge is 0.0637 e. The van der Waals surface area contributed by atoms with Crippen molar-refractivity contribution in [2.75, 3.05) is 27.3 Å². The molecule has 76 valence electrons. The number of allylic oxidation sites excluding steroid dienone is 3. The van der Waals surface area contributed by atoms with Crippen LogP contribution in [0, 0.1) is 0 Å². The Bertz CT molecular complexity index is 226. The Kier molecular flexibility index (Phi) is 3.83. The lowest BCUT2D eigenvalue weighted by Crippen LogP contribution is -2.25. The van der Waals surface area contributed by atoms with Crippen LogP contribution in [0.4, 0.5) is 0 Å². The van der Waals surface area contributed by atoms with Gasteiger partial charge in [-0.3, -0.25) is 0 Å². The number of nitrogens with zero attached hydrogens (tertiary/aromatic N) is 1. The Labute approximate surface area is 81.3 Å². The van der Waals surface area contributed by atoms with Gasteiger partial charge in [0.1, 0.15) is 0 Å². The first kappa shape index (κ1) is 10.1. The maximum absolute atomic E-state index is 5.86. The molecule has 0 saturated heterocycles. The van der Waals surface area contributed by atoms with Gasteiger partial charge in [0.15, 0.2) is 0 Å². The molecule has 0 aromatic heterocycles. The van der Waals surface area contributed by atoms with Gasteiger partial charge in [0.05, 0.1) is 12.3 Å². The highest BCUT2D eigenvalue weighted by Gasteiger charge is 2.09. The van der Waals surface area contributed by atoms with Gasteiger partial charge in [0.25, 0.3) is 0 Å². The molecule has 13 heavy (non-hydrogen) atoms. The van der Waals surface area contributed by atoms with Crippen LogP contribution in [0.5, 0.6) is 0 Å². The highest BCUT2D eigenvalue weighted by Crippen LogP contribution is 2.17. The Balaban J connectivity index is 0.00000169.